The number of fused-ring (bicyclic) bond motifs is 1. The molecule has 1 aromatic heterocycles. The van der Waals surface area contributed by atoms with E-state index >= 15 is 0 Å². The fourth-order valence-corrected chi connectivity index (χ4v) is 3.69. The molecule has 1 heterocycles. The molecule has 8 nitrogen and oxygen atoms in total. The van der Waals surface area contributed by atoms with Crippen LogP contribution >= 0.6 is 11.3 Å². The molecule has 0 bridgehead atoms. The molecule has 0 aliphatic rings. The smallest absolute Gasteiger partial charge is 0.281 e. The molecule has 3 rings (SSSR count). The Bertz CT molecular complexity index is 1090. The van der Waals surface area contributed by atoms with Crippen LogP contribution in [0.5, 0.6) is 11.5 Å². The summed E-state index contributed by atoms with van der Waals surface area (Å²) < 4.78 is 11.4. The quantitative estimate of drug-likeness (QED) is 0.385. The number of amides is 1. The van der Waals surface area contributed by atoms with Gasteiger partial charge in [-0.05, 0) is 31.2 Å². The van der Waals surface area contributed by atoms with Crippen LogP contribution in [0.3, 0.4) is 0 Å². The van der Waals surface area contributed by atoms with E-state index in [4.69, 9.17) is 9.47 Å². The first-order valence-corrected chi connectivity index (χ1v) is 8.99. The monoisotopic (exact) mass is 399 g/mol. The van der Waals surface area contributed by atoms with Crippen LogP contribution in [0, 0.1) is 17.0 Å². The van der Waals surface area contributed by atoms with Gasteiger partial charge in [0.15, 0.2) is 0 Å². The highest BCUT2D eigenvalue weighted by Gasteiger charge is 2.13. The van der Waals surface area contributed by atoms with Crippen LogP contribution in [0.4, 0.5) is 5.69 Å². The fourth-order valence-electron chi connectivity index (χ4n) is 2.76. The summed E-state index contributed by atoms with van der Waals surface area (Å²) in [5.41, 5.74) is 3.96. The van der Waals surface area contributed by atoms with Crippen LogP contribution in [-0.2, 0) is 0 Å². The minimum Gasteiger partial charge on any atom is -0.496 e. The number of hydrogen-bond donors (Lipinski definition) is 1. The molecule has 9 heteroatoms. The van der Waals surface area contributed by atoms with Crippen molar-refractivity contribution in [2.24, 2.45) is 5.10 Å². The average Bonchev–Trinajstić information content (AvgIpc) is 3.11. The van der Waals surface area contributed by atoms with E-state index in [0.717, 1.165) is 10.3 Å². The molecule has 1 N–H and O–H groups in total. The van der Waals surface area contributed by atoms with Crippen LogP contribution < -0.4 is 14.9 Å². The summed E-state index contributed by atoms with van der Waals surface area (Å²) in [5.74, 6) is 0.897. The van der Waals surface area contributed by atoms with Gasteiger partial charge in [-0.1, -0.05) is 0 Å². The predicted octanol–water partition coefficient (Wildman–Crippen LogP) is 3.90. The largest absolute Gasteiger partial charge is 0.496 e. The molecule has 0 saturated heterocycles. The summed E-state index contributed by atoms with van der Waals surface area (Å²) in [5, 5.41) is 15.5. The van der Waals surface area contributed by atoms with Gasteiger partial charge in [0.2, 0.25) is 0 Å². The number of nitro benzene ring substituents is 1. The molecule has 1 amide bonds. The van der Waals surface area contributed by atoms with E-state index in [1.165, 1.54) is 29.7 Å². The van der Waals surface area contributed by atoms with E-state index in [-0.39, 0.29) is 5.69 Å². The third kappa shape index (κ3) is 3.79. The van der Waals surface area contributed by atoms with Crippen molar-refractivity contribution < 1.29 is 19.2 Å². The third-order valence-corrected chi connectivity index (χ3v) is 5.23. The Labute approximate surface area is 164 Å². The molecule has 0 radical (unpaired) electrons. The van der Waals surface area contributed by atoms with E-state index in [2.05, 4.69) is 10.5 Å². The normalized spacial score (nSPS) is 11.0. The summed E-state index contributed by atoms with van der Waals surface area (Å²) in [6.07, 6.45) is 1.49. The summed E-state index contributed by atoms with van der Waals surface area (Å²) in [6.45, 7) is 1.87. The molecule has 0 fully saturated rings. The van der Waals surface area contributed by atoms with Crippen LogP contribution in [-0.4, -0.2) is 31.3 Å². The number of carbonyl (C=O) groups is 1. The molecule has 0 unspecified atom stereocenters. The van der Waals surface area contributed by atoms with Crippen LogP contribution in [0.1, 0.15) is 20.8 Å². The number of benzene rings is 2. The summed E-state index contributed by atoms with van der Waals surface area (Å²) in [7, 11) is 3.13. The van der Waals surface area contributed by atoms with Gasteiger partial charge in [0.1, 0.15) is 11.5 Å². The molecule has 0 atom stereocenters. The van der Waals surface area contributed by atoms with E-state index < -0.39 is 10.8 Å². The van der Waals surface area contributed by atoms with Gasteiger partial charge < -0.3 is 9.47 Å². The topological polar surface area (TPSA) is 103 Å². The van der Waals surface area contributed by atoms with Gasteiger partial charge in [-0.3, -0.25) is 14.9 Å². The minimum atomic E-state index is -0.467. The van der Waals surface area contributed by atoms with Crippen LogP contribution in [0.2, 0.25) is 0 Å². The molecule has 0 spiro atoms. The zero-order chi connectivity index (χ0) is 20.3. The lowest BCUT2D eigenvalue weighted by atomic mass is 10.1. The number of non-ortho nitro benzene ring substituents is 1. The number of nitrogens with one attached hydrogen (secondary N) is 1. The Morgan fingerprint density at radius 2 is 2.00 bits per heavy atom. The first kappa shape index (κ1) is 19.3. The van der Waals surface area contributed by atoms with Gasteiger partial charge >= 0.3 is 0 Å². The summed E-state index contributed by atoms with van der Waals surface area (Å²) >= 11 is 1.24. The predicted molar refractivity (Wildman–Crippen MR) is 108 cm³/mol. The Hall–Kier alpha value is -3.46. The summed E-state index contributed by atoms with van der Waals surface area (Å²) in [4.78, 5) is 23.2. The lowest BCUT2D eigenvalue weighted by Crippen LogP contribution is -2.16. The number of rotatable bonds is 6. The maximum atomic E-state index is 12.3. The van der Waals surface area contributed by atoms with Gasteiger partial charge in [-0.15, -0.1) is 11.3 Å². The molecular formula is C19H17N3O5S. The maximum Gasteiger partial charge on any atom is 0.281 e. The van der Waals surface area contributed by atoms with Crippen molar-refractivity contribution in [2.75, 3.05) is 14.2 Å². The van der Waals surface area contributed by atoms with E-state index in [1.54, 1.807) is 38.5 Å². The average molecular weight is 399 g/mol. The molecule has 28 heavy (non-hydrogen) atoms. The molecule has 0 aliphatic carbocycles. The zero-order valence-electron chi connectivity index (χ0n) is 15.4. The van der Waals surface area contributed by atoms with Crippen molar-refractivity contribution in [3.05, 3.63) is 62.5 Å². The number of nitro groups is 1. The standard InChI is InChI=1S/C19H17N3O5S/c1-11-15(26-2)6-4-12(18(11)27-3)10-20-21-19(23)17-9-13-8-14(22(24)25)5-7-16(13)28-17/h4-10H,1-3H3,(H,21,23)/b20-10-. The van der Waals surface area contributed by atoms with Crippen LogP contribution in [0.15, 0.2) is 41.5 Å². The Morgan fingerprint density at radius 1 is 1.21 bits per heavy atom. The molecule has 0 aliphatic heterocycles. The first-order valence-electron chi connectivity index (χ1n) is 8.17. The number of hydrazone groups is 1. The third-order valence-electron chi connectivity index (χ3n) is 4.11. The van der Waals surface area contributed by atoms with E-state index in [9.17, 15) is 14.9 Å². The number of methoxy groups -OCH3 is 2. The minimum absolute atomic E-state index is 0.0164. The SMILES string of the molecule is COc1ccc(/C=N\NC(=O)c2cc3cc([N+](=O)[O-])ccc3s2)c(OC)c1C. The van der Waals surface area contributed by atoms with Crippen molar-refractivity contribution in [1.82, 2.24) is 5.43 Å². The highest BCUT2D eigenvalue weighted by atomic mass is 32.1. The lowest BCUT2D eigenvalue weighted by Gasteiger charge is -2.11. The number of nitrogens with zero attached hydrogens (tertiary/aromatic N) is 2. The van der Waals surface area contributed by atoms with Crippen LogP contribution in [0.25, 0.3) is 10.1 Å². The number of thiophene rings is 1. The molecule has 3 aromatic rings. The number of ether oxygens (including phenoxy) is 2. The first-order chi connectivity index (χ1) is 13.4. The number of carbonyl (C=O) groups excluding carboxylic acids is 1. The Kier molecular flexibility index (Phi) is 5.55. The van der Waals surface area contributed by atoms with E-state index in [0.29, 0.717) is 27.3 Å². The fraction of sp³-hybridized carbons (Fsp3) is 0.158. The lowest BCUT2D eigenvalue weighted by molar-refractivity contribution is -0.384. The second kappa shape index (κ2) is 8.05. The second-order valence-electron chi connectivity index (χ2n) is 5.80. The van der Waals surface area contributed by atoms with Gasteiger partial charge in [0.05, 0.1) is 30.2 Å². The molecule has 144 valence electrons. The highest BCUT2D eigenvalue weighted by molar-refractivity contribution is 7.20. The van der Waals surface area contributed by atoms with Crippen molar-refractivity contribution >= 4 is 39.2 Å². The zero-order valence-corrected chi connectivity index (χ0v) is 16.2. The van der Waals surface area contributed by atoms with Crippen molar-refractivity contribution in [1.29, 1.82) is 0 Å². The van der Waals surface area contributed by atoms with Gasteiger partial charge in [-0.2, -0.15) is 5.10 Å². The van der Waals surface area contributed by atoms with Crippen molar-refractivity contribution in [2.45, 2.75) is 6.92 Å². The molecule has 2 aromatic carbocycles. The Balaban J connectivity index is 1.78. The Morgan fingerprint density at radius 3 is 2.68 bits per heavy atom. The molecular weight excluding hydrogens is 382 g/mol. The van der Waals surface area contributed by atoms with Gasteiger partial charge in [0, 0.05) is 33.3 Å². The van der Waals surface area contributed by atoms with E-state index in [1.807, 2.05) is 6.92 Å². The van der Waals surface area contributed by atoms with Crippen molar-refractivity contribution in [3.63, 3.8) is 0 Å². The second-order valence-corrected chi connectivity index (χ2v) is 6.89. The highest BCUT2D eigenvalue weighted by Crippen LogP contribution is 2.30. The molecule has 0 saturated carbocycles. The maximum absolute atomic E-state index is 12.3. The van der Waals surface area contributed by atoms with Gasteiger partial charge in [-0.25, -0.2) is 5.43 Å². The summed E-state index contributed by atoms with van der Waals surface area (Å²) in [6, 6.07) is 9.66. The van der Waals surface area contributed by atoms with Gasteiger partial charge in [0.25, 0.3) is 11.6 Å². The number of hydrogen-bond acceptors (Lipinski definition) is 7. The van der Waals surface area contributed by atoms with Crippen molar-refractivity contribution in [3.8, 4) is 11.5 Å².